The molecular weight excluding hydrogens is 348 g/mol. The molecule has 0 radical (unpaired) electrons. The Kier molecular flexibility index (Phi) is 4.66. The summed E-state index contributed by atoms with van der Waals surface area (Å²) in [5, 5.41) is 14.9. The van der Waals surface area contributed by atoms with Crippen LogP contribution >= 0.6 is 0 Å². The number of carboxylic acid groups (broad SMARTS) is 1. The normalized spacial score (nSPS) is 23.3. The lowest BCUT2D eigenvalue weighted by atomic mass is 9.79. The SMILES string of the molecule is O=C(O)CCC(=O)N1N=C2/C(=C/c3ccco3)CCCC2C1c1ccco1. The molecule has 2 atom stereocenters. The Bertz CT molecular complexity index is 880. The van der Waals surface area contributed by atoms with Crippen molar-refractivity contribution in [2.45, 2.75) is 38.1 Å². The van der Waals surface area contributed by atoms with Gasteiger partial charge in [-0.1, -0.05) is 0 Å². The van der Waals surface area contributed by atoms with Gasteiger partial charge in [0.1, 0.15) is 17.6 Å². The van der Waals surface area contributed by atoms with Crippen molar-refractivity contribution in [3.05, 3.63) is 53.9 Å². The number of fused-ring (bicyclic) bond motifs is 1. The lowest BCUT2D eigenvalue weighted by molar-refractivity contribution is -0.141. The van der Waals surface area contributed by atoms with Crippen LogP contribution in [0.3, 0.4) is 0 Å². The summed E-state index contributed by atoms with van der Waals surface area (Å²) < 4.78 is 11.0. The number of rotatable bonds is 5. The van der Waals surface area contributed by atoms with Crippen LogP contribution in [0.1, 0.15) is 49.7 Å². The van der Waals surface area contributed by atoms with Crippen LogP contribution in [-0.4, -0.2) is 27.7 Å². The van der Waals surface area contributed by atoms with Gasteiger partial charge in [-0.25, -0.2) is 5.01 Å². The molecule has 7 nitrogen and oxygen atoms in total. The van der Waals surface area contributed by atoms with E-state index in [1.165, 1.54) is 5.01 Å². The van der Waals surface area contributed by atoms with Gasteiger partial charge in [-0.3, -0.25) is 9.59 Å². The molecule has 1 aliphatic heterocycles. The number of allylic oxidation sites excluding steroid dienone is 1. The minimum atomic E-state index is -0.999. The van der Waals surface area contributed by atoms with Crippen molar-refractivity contribution in [1.29, 1.82) is 0 Å². The van der Waals surface area contributed by atoms with Crippen molar-refractivity contribution in [2.75, 3.05) is 0 Å². The van der Waals surface area contributed by atoms with E-state index in [4.69, 9.17) is 13.9 Å². The molecule has 4 rings (SSSR count). The second-order valence-corrected chi connectivity index (χ2v) is 6.76. The first-order chi connectivity index (χ1) is 13.1. The number of hydrogen-bond acceptors (Lipinski definition) is 5. The Balaban J connectivity index is 1.68. The van der Waals surface area contributed by atoms with Crippen molar-refractivity contribution >= 4 is 23.7 Å². The molecule has 2 aliphatic rings. The van der Waals surface area contributed by atoms with Crippen LogP contribution in [0.25, 0.3) is 6.08 Å². The fourth-order valence-corrected chi connectivity index (χ4v) is 3.82. The van der Waals surface area contributed by atoms with Gasteiger partial charge in [0.15, 0.2) is 0 Å². The number of amides is 1. The first-order valence-corrected chi connectivity index (χ1v) is 9.03. The predicted molar refractivity (Wildman–Crippen MR) is 96.6 cm³/mol. The molecule has 7 heteroatoms. The van der Waals surface area contributed by atoms with Crippen molar-refractivity contribution < 1.29 is 23.5 Å². The van der Waals surface area contributed by atoms with Crippen LogP contribution < -0.4 is 0 Å². The van der Waals surface area contributed by atoms with Gasteiger partial charge in [-0.2, -0.15) is 5.10 Å². The molecule has 0 saturated heterocycles. The van der Waals surface area contributed by atoms with E-state index >= 15 is 0 Å². The van der Waals surface area contributed by atoms with Gasteiger partial charge in [0.25, 0.3) is 0 Å². The highest BCUT2D eigenvalue weighted by atomic mass is 16.4. The fraction of sp³-hybridized carbons (Fsp3) is 0.350. The Morgan fingerprint density at radius 2 is 2.04 bits per heavy atom. The Morgan fingerprint density at radius 3 is 2.74 bits per heavy atom. The van der Waals surface area contributed by atoms with E-state index in [1.807, 2.05) is 24.3 Å². The summed E-state index contributed by atoms with van der Waals surface area (Å²) in [6.45, 7) is 0. The summed E-state index contributed by atoms with van der Waals surface area (Å²) in [5.41, 5.74) is 1.91. The highest BCUT2D eigenvalue weighted by Crippen LogP contribution is 2.44. The van der Waals surface area contributed by atoms with E-state index in [-0.39, 0.29) is 30.7 Å². The lowest BCUT2D eigenvalue weighted by Gasteiger charge is -2.27. The predicted octanol–water partition coefficient (Wildman–Crippen LogP) is 3.86. The third-order valence-electron chi connectivity index (χ3n) is 5.00. The molecule has 27 heavy (non-hydrogen) atoms. The molecular formula is C20H20N2O5. The lowest BCUT2D eigenvalue weighted by Crippen LogP contribution is -2.31. The Labute approximate surface area is 155 Å². The fourth-order valence-electron chi connectivity index (χ4n) is 3.82. The highest BCUT2D eigenvalue weighted by molar-refractivity contribution is 6.08. The van der Waals surface area contributed by atoms with E-state index in [9.17, 15) is 9.59 Å². The summed E-state index contributed by atoms with van der Waals surface area (Å²) in [5.74, 6) is 0.138. The summed E-state index contributed by atoms with van der Waals surface area (Å²) in [7, 11) is 0. The molecule has 1 saturated carbocycles. The number of carbonyl (C=O) groups excluding carboxylic acids is 1. The zero-order valence-electron chi connectivity index (χ0n) is 14.7. The summed E-state index contributed by atoms with van der Waals surface area (Å²) in [6, 6.07) is 7.00. The molecule has 140 valence electrons. The van der Waals surface area contributed by atoms with Gasteiger partial charge in [0.2, 0.25) is 5.91 Å². The van der Waals surface area contributed by atoms with E-state index < -0.39 is 5.97 Å². The first-order valence-electron chi connectivity index (χ1n) is 9.03. The van der Waals surface area contributed by atoms with Crippen LogP contribution in [0, 0.1) is 5.92 Å². The number of furan rings is 2. The van der Waals surface area contributed by atoms with Crippen molar-refractivity contribution in [2.24, 2.45) is 11.0 Å². The number of carboxylic acids is 1. The average molecular weight is 368 g/mol. The number of aliphatic carboxylic acids is 1. The Morgan fingerprint density at radius 1 is 1.22 bits per heavy atom. The maximum atomic E-state index is 12.7. The van der Waals surface area contributed by atoms with Gasteiger partial charge in [-0.05, 0) is 55.2 Å². The van der Waals surface area contributed by atoms with Crippen LogP contribution in [-0.2, 0) is 9.59 Å². The second-order valence-electron chi connectivity index (χ2n) is 6.76. The van der Waals surface area contributed by atoms with E-state index in [0.717, 1.165) is 36.3 Å². The smallest absolute Gasteiger partial charge is 0.303 e. The monoisotopic (exact) mass is 368 g/mol. The van der Waals surface area contributed by atoms with Gasteiger partial charge in [0, 0.05) is 12.3 Å². The van der Waals surface area contributed by atoms with Crippen molar-refractivity contribution in [1.82, 2.24) is 5.01 Å². The maximum Gasteiger partial charge on any atom is 0.303 e. The largest absolute Gasteiger partial charge is 0.481 e. The molecule has 1 aliphatic carbocycles. The minimum Gasteiger partial charge on any atom is -0.481 e. The average Bonchev–Trinajstić information content (AvgIpc) is 3.39. The zero-order valence-corrected chi connectivity index (χ0v) is 14.7. The molecule has 3 heterocycles. The molecule has 2 aromatic rings. The van der Waals surface area contributed by atoms with E-state index in [2.05, 4.69) is 5.10 Å². The standard InChI is InChI=1S/C20H20N2O5/c23-17(8-9-18(24)25)22-20(16-7-3-11-27-16)15-6-1-4-13(19(15)21-22)12-14-5-2-10-26-14/h2-3,5,7,10-12,15,20H,1,4,6,8-9H2,(H,24,25)/b13-12+. The van der Waals surface area contributed by atoms with Crippen LogP contribution in [0.4, 0.5) is 0 Å². The van der Waals surface area contributed by atoms with E-state index in [1.54, 1.807) is 18.6 Å². The van der Waals surface area contributed by atoms with Gasteiger partial charge in [0.05, 0.1) is 24.7 Å². The number of carbonyl (C=O) groups is 2. The summed E-state index contributed by atoms with van der Waals surface area (Å²) in [6.07, 6.45) is 7.59. The van der Waals surface area contributed by atoms with Crippen LogP contribution in [0.5, 0.6) is 0 Å². The van der Waals surface area contributed by atoms with Crippen molar-refractivity contribution in [3.63, 3.8) is 0 Å². The molecule has 2 unspecified atom stereocenters. The summed E-state index contributed by atoms with van der Waals surface area (Å²) >= 11 is 0. The zero-order chi connectivity index (χ0) is 18.8. The van der Waals surface area contributed by atoms with Crippen LogP contribution in [0.15, 0.2) is 56.3 Å². The summed E-state index contributed by atoms with van der Waals surface area (Å²) in [4.78, 5) is 23.6. The van der Waals surface area contributed by atoms with Gasteiger partial charge >= 0.3 is 5.97 Å². The van der Waals surface area contributed by atoms with Gasteiger partial charge < -0.3 is 13.9 Å². The third-order valence-corrected chi connectivity index (χ3v) is 5.00. The number of nitrogens with zero attached hydrogens (tertiary/aromatic N) is 2. The third kappa shape index (κ3) is 3.45. The maximum absolute atomic E-state index is 12.7. The van der Waals surface area contributed by atoms with E-state index in [0.29, 0.717) is 5.76 Å². The molecule has 0 spiro atoms. The highest BCUT2D eigenvalue weighted by Gasteiger charge is 2.45. The Hall–Kier alpha value is -3.09. The topological polar surface area (TPSA) is 96.2 Å². The molecule has 1 amide bonds. The minimum absolute atomic E-state index is 0.0277. The second kappa shape index (κ2) is 7.26. The number of hydrogen-bond donors (Lipinski definition) is 1. The van der Waals surface area contributed by atoms with Crippen molar-refractivity contribution in [3.8, 4) is 0 Å². The first kappa shape index (κ1) is 17.3. The number of hydrazone groups is 1. The quantitative estimate of drug-likeness (QED) is 0.864. The molecule has 1 fully saturated rings. The molecule has 1 N–H and O–H groups in total. The van der Waals surface area contributed by atoms with Gasteiger partial charge in [-0.15, -0.1) is 0 Å². The molecule has 2 aromatic heterocycles. The van der Waals surface area contributed by atoms with Crippen LogP contribution in [0.2, 0.25) is 0 Å². The molecule has 0 aromatic carbocycles. The molecule has 0 bridgehead atoms.